The molecule has 1 aromatic carbocycles. The van der Waals surface area contributed by atoms with Crippen LogP contribution in [0.1, 0.15) is 41.5 Å². The lowest BCUT2D eigenvalue weighted by molar-refractivity contribution is -0.206. The first-order valence-corrected chi connectivity index (χ1v) is 9.85. The van der Waals surface area contributed by atoms with E-state index in [1.165, 1.54) is 19.2 Å². The number of carbonyl (C=O) groups excluding carboxylic acids is 5. The van der Waals surface area contributed by atoms with Gasteiger partial charge in [-0.3, -0.25) is 29.0 Å². The molecule has 0 N–H and O–H groups in total. The molecule has 3 amide bonds. The number of hydrogen-bond acceptors (Lipinski definition) is 8. The molecule has 0 saturated carbocycles. The highest BCUT2D eigenvalue weighted by Crippen LogP contribution is 2.37. The minimum absolute atomic E-state index is 0.137. The van der Waals surface area contributed by atoms with Crippen LogP contribution in [0.5, 0.6) is 0 Å². The van der Waals surface area contributed by atoms with Gasteiger partial charge in [-0.25, -0.2) is 4.79 Å². The number of imide groups is 1. The summed E-state index contributed by atoms with van der Waals surface area (Å²) < 4.78 is 10.1. The number of nitrogens with zero attached hydrogens (tertiary/aromatic N) is 2. The molecule has 2 heterocycles. The van der Waals surface area contributed by atoms with Crippen molar-refractivity contribution in [3.63, 3.8) is 0 Å². The van der Waals surface area contributed by atoms with Crippen molar-refractivity contribution in [2.45, 2.75) is 44.3 Å². The Morgan fingerprint density at radius 2 is 1.60 bits per heavy atom. The predicted octanol–water partition coefficient (Wildman–Crippen LogP) is 0.879. The molecule has 0 radical (unpaired) electrons. The number of β-lactam (4-membered cyclic amide) rings is 1. The molecule has 3 rings (SSSR count). The van der Waals surface area contributed by atoms with E-state index in [1.54, 1.807) is 26.0 Å². The maximum absolute atomic E-state index is 13.1. The number of fused-ring (bicyclic) bond motifs is 1. The van der Waals surface area contributed by atoms with Crippen LogP contribution in [0.4, 0.5) is 0 Å². The third kappa shape index (κ3) is 3.34. The number of carbonyl (C=O) groups is 5. The summed E-state index contributed by atoms with van der Waals surface area (Å²) in [7, 11) is 1.17. The van der Waals surface area contributed by atoms with Crippen LogP contribution in [0.25, 0.3) is 0 Å². The van der Waals surface area contributed by atoms with Crippen molar-refractivity contribution in [2.24, 2.45) is 5.92 Å². The van der Waals surface area contributed by atoms with Gasteiger partial charge < -0.3 is 9.47 Å². The number of hydrogen-bond donors (Lipinski definition) is 1. The first kappa shape index (κ1) is 21.8. The average Bonchev–Trinajstić information content (AvgIpc) is 2.95. The van der Waals surface area contributed by atoms with Gasteiger partial charge in [0.2, 0.25) is 6.23 Å². The second kappa shape index (κ2) is 8.10. The predicted molar refractivity (Wildman–Crippen MR) is 107 cm³/mol. The van der Waals surface area contributed by atoms with Crippen LogP contribution in [0, 0.1) is 5.92 Å². The topological polar surface area (TPSA) is 110 Å². The number of benzene rings is 1. The Balaban J connectivity index is 1.99. The van der Waals surface area contributed by atoms with Gasteiger partial charge in [-0.15, -0.1) is 0 Å². The summed E-state index contributed by atoms with van der Waals surface area (Å²) in [5.74, 6) is -3.64. The molecule has 2 aliphatic rings. The van der Waals surface area contributed by atoms with E-state index in [0.717, 1.165) is 16.7 Å². The van der Waals surface area contributed by atoms with Gasteiger partial charge in [0.25, 0.3) is 17.7 Å². The molecule has 0 aliphatic carbocycles. The van der Waals surface area contributed by atoms with E-state index >= 15 is 0 Å². The number of rotatable bonds is 6. The molecule has 1 aromatic rings. The molecule has 1 saturated heterocycles. The van der Waals surface area contributed by atoms with Crippen molar-refractivity contribution in [3.05, 3.63) is 35.4 Å². The standard InChI is InChI=1S/C20H22N2O7S/c1-9(2)15(30)13(20(27)28-4)22-18(26)14(19(22)29-10(3)23)21-16(24)11-7-5-6-8-12(11)17(21)25/h5-9,13-15,19,30H,1-4H3. The second-order valence-electron chi connectivity index (χ2n) is 7.42. The minimum Gasteiger partial charge on any atom is -0.467 e. The van der Waals surface area contributed by atoms with Crippen molar-refractivity contribution in [1.82, 2.24) is 9.80 Å². The Hall–Kier alpha value is -2.88. The highest BCUT2D eigenvalue weighted by molar-refractivity contribution is 7.81. The number of amides is 3. The molecule has 9 nitrogen and oxygen atoms in total. The Morgan fingerprint density at radius 1 is 1.07 bits per heavy atom. The molecule has 0 spiro atoms. The zero-order valence-electron chi connectivity index (χ0n) is 16.9. The first-order valence-electron chi connectivity index (χ1n) is 9.34. The molecule has 2 aliphatic heterocycles. The highest BCUT2D eigenvalue weighted by atomic mass is 32.1. The lowest BCUT2D eigenvalue weighted by Gasteiger charge is -2.51. The van der Waals surface area contributed by atoms with E-state index in [1.807, 2.05) is 0 Å². The summed E-state index contributed by atoms with van der Waals surface area (Å²) in [6.07, 6.45) is -1.32. The molecule has 0 aromatic heterocycles. The molecule has 160 valence electrons. The van der Waals surface area contributed by atoms with Crippen LogP contribution in [-0.4, -0.2) is 70.1 Å². The smallest absolute Gasteiger partial charge is 0.329 e. The average molecular weight is 434 g/mol. The summed E-state index contributed by atoms with van der Waals surface area (Å²) in [6, 6.07) is 3.64. The van der Waals surface area contributed by atoms with E-state index in [0.29, 0.717) is 0 Å². The van der Waals surface area contributed by atoms with E-state index < -0.39 is 53.2 Å². The van der Waals surface area contributed by atoms with Crippen LogP contribution >= 0.6 is 12.6 Å². The number of thiol groups is 1. The summed E-state index contributed by atoms with van der Waals surface area (Å²) in [6.45, 7) is 4.74. The van der Waals surface area contributed by atoms with Crippen molar-refractivity contribution < 1.29 is 33.4 Å². The highest BCUT2D eigenvalue weighted by Gasteiger charge is 2.62. The maximum Gasteiger partial charge on any atom is 0.329 e. The molecule has 10 heteroatoms. The van der Waals surface area contributed by atoms with Gasteiger partial charge in [0, 0.05) is 12.2 Å². The Labute approximate surface area is 178 Å². The molecule has 30 heavy (non-hydrogen) atoms. The third-order valence-corrected chi connectivity index (χ3v) is 6.07. The fourth-order valence-electron chi connectivity index (χ4n) is 3.66. The van der Waals surface area contributed by atoms with Gasteiger partial charge in [0.05, 0.1) is 18.2 Å². The second-order valence-corrected chi connectivity index (χ2v) is 8.02. The van der Waals surface area contributed by atoms with Gasteiger partial charge in [0.15, 0.2) is 6.04 Å². The van der Waals surface area contributed by atoms with Crippen LogP contribution in [0.3, 0.4) is 0 Å². The lowest BCUT2D eigenvalue weighted by atomic mass is 9.93. The third-order valence-electron chi connectivity index (χ3n) is 5.19. The van der Waals surface area contributed by atoms with Gasteiger partial charge >= 0.3 is 11.9 Å². The summed E-state index contributed by atoms with van der Waals surface area (Å²) >= 11 is 4.45. The fraction of sp³-hybridized carbons (Fsp3) is 0.450. The Morgan fingerprint density at radius 3 is 2.03 bits per heavy atom. The van der Waals surface area contributed by atoms with Crippen LogP contribution < -0.4 is 0 Å². The Kier molecular flexibility index (Phi) is 5.89. The summed E-state index contributed by atoms with van der Waals surface area (Å²) in [5.41, 5.74) is 0.322. The zero-order valence-corrected chi connectivity index (χ0v) is 17.8. The largest absolute Gasteiger partial charge is 0.467 e. The van der Waals surface area contributed by atoms with Gasteiger partial charge in [-0.1, -0.05) is 26.0 Å². The SMILES string of the molecule is COC(=O)C(C(S)C(C)C)N1C(=O)C(N2C(=O)c3ccccc3C2=O)C1OC(C)=O. The quantitative estimate of drug-likeness (QED) is 0.306. The zero-order chi connectivity index (χ0) is 22.3. The minimum atomic E-state index is -1.37. The van der Waals surface area contributed by atoms with Gasteiger partial charge in [-0.05, 0) is 18.1 Å². The molecular weight excluding hydrogens is 412 g/mol. The first-order chi connectivity index (χ1) is 14.1. The lowest BCUT2D eigenvalue weighted by Crippen LogP contribution is -2.77. The molecule has 1 fully saturated rings. The molecule has 4 atom stereocenters. The monoisotopic (exact) mass is 434 g/mol. The van der Waals surface area contributed by atoms with Crippen molar-refractivity contribution >= 4 is 42.3 Å². The molecule has 0 bridgehead atoms. The van der Waals surface area contributed by atoms with Crippen LogP contribution in [0.15, 0.2) is 24.3 Å². The summed E-state index contributed by atoms with van der Waals surface area (Å²) in [4.78, 5) is 64.7. The van der Waals surface area contributed by atoms with E-state index in [-0.39, 0.29) is 17.0 Å². The summed E-state index contributed by atoms with van der Waals surface area (Å²) in [5, 5.41) is -0.636. The number of ether oxygens (including phenoxy) is 2. The number of methoxy groups -OCH3 is 1. The fourth-order valence-corrected chi connectivity index (χ4v) is 3.92. The van der Waals surface area contributed by atoms with E-state index in [9.17, 15) is 24.0 Å². The van der Waals surface area contributed by atoms with Crippen molar-refractivity contribution in [2.75, 3.05) is 7.11 Å². The van der Waals surface area contributed by atoms with Gasteiger partial charge in [0.1, 0.15) is 6.04 Å². The van der Waals surface area contributed by atoms with Crippen molar-refractivity contribution in [3.8, 4) is 0 Å². The van der Waals surface area contributed by atoms with E-state index in [4.69, 9.17) is 9.47 Å². The van der Waals surface area contributed by atoms with Gasteiger partial charge in [-0.2, -0.15) is 12.6 Å². The van der Waals surface area contributed by atoms with Crippen molar-refractivity contribution in [1.29, 1.82) is 0 Å². The number of likely N-dealkylation sites (tertiary alicyclic amines) is 1. The number of esters is 2. The van der Waals surface area contributed by atoms with Crippen LogP contribution in [-0.2, 0) is 23.9 Å². The van der Waals surface area contributed by atoms with E-state index in [2.05, 4.69) is 12.6 Å². The maximum atomic E-state index is 13.1. The Bertz CT molecular complexity index is 896. The molecular formula is C20H22N2O7S. The molecule has 4 unspecified atom stereocenters. The normalized spacial score (nSPS) is 22.5. The van der Waals surface area contributed by atoms with Crippen LogP contribution in [0.2, 0.25) is 0 Å².